The van der Waals surface area contributed by atoms with Crippen LogP contribution in [0, 0.1) is 5.92 Å². The molecular formula is C16H22N2O2. The summed E-state index contributed by atoms with van der Waals surface area (Å²) in [6.07, 6.45) is 4.47. The summed E-state index contributed by atoms with van der Waals surface area (Å²) in [7, 11) is 0. The Kier molecular flexibility index (Phi) is 3.92. The number of hydrogen-bond acceptors (Lipinski definition) is 3. The molecule has 0 saturated heterocycles. The zero-order chi connectivity index (χ0) is 13.9. The number of para-hydroxylation sites is 1. The van der Waals surface area contributed by atoms with Gasteiger partial charge in [-0.15, -0.1) is 0 Å². The Bertz CT molecular complexity index is 464. The smallest absolute Gasteiger partial charge is 0.242 e. The number of hydrogen-bond donors (Lipinski definition) is 3. The molecule has 1 aromatic rings. The Morgan fingerprint density at radius 1 is 1.35 bits per heavy atom. The van der Waals surface area contributed by atoms with Gasteiger partial charge in [0.1, 0.15) is 6.04 Å². The molecule has 1 amide bonds. The molecular weight excluding hydrogens is 252 g/mol. The molecule has 2 aliphatic rings. The van der Waals surface area contributed by atoms with E-state index < -0.39 is 0 Å². The van der Waals surface area contributed by atoms with Crippen molar-refractivity contribution in [2.75, 3.05) is 11.9 Å². The number of benzene rings is 1. The van der Waals surface area contributed by atoms with Crippen molar-refractivity contribution < 1.29 is 9.90 Å². The van der Waals surface area contributed by atoms with Gasteiger partial charge in [0.05, 0.1) is 6.10 Å². The Hall–Kier alpha value is -1.55. The molecule has 1 heterocycles. The maximum Gasteiger partial charge on any atom is 0.242 e. The first kappa shape index (κ1) is 13.4. The standard InChI is InChI=1S/C16H22N2O2/c19-13-6-3-4-11(8-13)10-17-16(20)15-9-12-5-1-2-7-14(12)18-15/h1-2,5,7,11,13,15,18-19H,3-4,6,8-10H2,(H,17,20)/t11?,13?,15-/m0/s1. The molecule has 108 valence electrons. The fraction of sp³-hybridized carbons (Fsp3) is 0.562. The second kappa shape index (κ2) is 5.83. The third-order valence-electron chi connectivity index (χ3n) is 4.41. The van der Waals surface area contributed by atoms with Gasteiger partial charge < -0.3 is 15.7 Å². The number of anilines is 1. The summed E-state index contributed by atoms with van der Waals surface area (Å²) in [5, 5.41) is 16.0. The third kappa shape index (κ3) is 2.96. The lowest BCUT2D eigenvalue weighted by Crippen LogP contribution is -2.41. The summed E-state index contributed by atoms with van der Waals surface area (Å²) in [6, 6.07) is 7.91. The van der Waals surface area contributed by atoms with Crippen LogP contribution in [-0.2, 0) is 11.2 Å². The van der Waals surface area contributed by atoms with Crippen LogP contribution < -0.4 is 10.6 Å². The molecule has 4 nitrogen and oxygen atoms in total. The molecule has 1 aliphatic heterocycles. The van der Waals surface area contributed by atoms with Crippen LogP contribution in [-0.4, -0.2) is 29.7 Å². The van der Waals surface area contributed by atoms with E-state index in [1.165, 1.54) is 5.56 Å². The van der Waals surface area contributed by atoms with Crippen LogP contribution in [0.1, 0.15) is 31.2 Å². The van der Waals surface area contributed by atoms with E-state index in [2.05, 4.69) is 16.7 Å². The number of fused-ring (bicyclic) bond motifs is 1. The summed E-state index contributed by atoms with van der Waals surface area (Å²) in [5.74, 6) is 0.493. The molecule has 4 heteroatoms. The SMILES string of the molecule is O=C(NCC1CCCC(O)C1)[C@@H]1Cc2ccccc2N1. The Morgan fingerprint density at radius 2 is 2.20 bits per heavy atom. The molecule has 0 aromatic heterocycles. The van der Waals surface area contributed by atoms with Gasteiger partial charge in [-0.2, -0.15) is 0 Å². The summed E-state index contributed by atoms with van der Waals surface area (Å²) >= 11 is 0. The molecule has 20 heavy (non-hydrogen) atoms. The summed E-state index contributed by atoms with van der Waals surface area (Å²) in [5.41, 5.74) is 2.28. The Labute approximate surface area is 119 Å². The molecule has 1 aliphatic carbocycles. The van der Waals surface area contributed by atoms with Crippen LogP contribution >= 0.6 is 0 Å². The minimum absolute atomic E-state index is 0.0706. The summed E-state index contributed by atoms with van der Waals surface area (Å²) < 4.78 is 0. The highest BCUT2D eigenvalue weighted by atomic mass is 16.3. The number of nitrogens with one attached hydrogen (secondary N) is 2. The van der Waals surface area contributed by atoms with Gasteiger partial charge in [0.2, 0.25) is 5.91 Å². The van der Waals surface area contributed by atoms with Crippen molar-refractivity contribution in [2.45, 2.75) is 44.2 Å². The van der Waals surface area contributed by atoms with E-state index in [0.717, 1.165) is 37.8 Å². The predicted molar refractivity (Wildman–Crippen MR) is 78.5 cm³/mol. The molecule has 1 saturated carbocycles. The zero-order valence-electron chi connectivity index (χ0n) is 11.6. The van der Waals surface area contributed by atoms with E-state index >= 15 is 0 Å². The van der Waals surface area contributed by atoms with E-state index in [-0.39, 0.29) is 18.1 Å². The molecule has 3 N–H and O–H groups in total. The summed E-state index contributed by atoms with van der Waals surface area (Å²) in [4.78, 5) is 12.2. The average Bonchev–Trinajstić information content (AvgIpc) is 2.89. The van der Waals surface area contributed by atoms with Gasteiger partial charge in [0.25, 0.3) is 0 Å². The molecule has 1 fully saturated rings. The molecule has 0 bridgehead atoms. The van der Waals surface area contributed by atoms with Gasteiger partial charge in [0.15, 0.2) is 0 Å². The minimum Gasteiger partial charge on any atom is -0.393 e. The van der Waals surface area contributed by atoms with Crippen LogP contribution in [0.25, 0.3) is 0 Å². The van der Waals surface area contributed by atoms with Crippen LogP contribution in [0.3, 0.4) is 0 Å². The summed E-state index contributed by atoms with van der Waals surface area (Å²) in [6.45, 7) is 0.685. The van der Waals surface area contributed by atoms with Gasteiger partial charge in [0, 0.05) is 18.7 Å². The first-order valence-electron chi connectivity index (χ1n) is 7.52. The van der Waals surface area contributed by atoms with Gasteiger partial charge in [-0.1, -0.05) is 24.6 Å². The zero-order valence-corrected chi connectivity index (χ0v) is 11.6. The third-order valence-corrected chi connectivity index (χ3v) is 4.41. The van der Waals surface area contributed by atoms with E-state index in [1.807, 2.05) is 18.2 Å². The van der Waals surface area contributed by atoms with Gasteiger partial charge in [-0.3, -0.25) is 4.79 Å². The van der Waals surface area contributed by atoms with E-state index in [9.17, 15) is 9.90 Å². The lowest BCUT2D eigenvalue weighted by atomic mass is 9.87. The number of aliphatic hydroxyl groups excluding tert-OH is 1. The van der Waals surface area contributed by atoms with Crippen LogP contribution in [0.15, 0.2) is 24.3 Å². The molecule has 3 rings (SSSR count). The molecule has 0 radical (unpaired) electrons. The minimum atomic E-state index is -0.181. The van der Waals surface area contributed by atoms with Crippen molar-refractivity contribution in [3.8, 4) is 0 Å². The largest absolute Gasteiger partial charge is 0.393 e. The number of aliphatic hydroxyl groups is 1. The monoisotopic (exact) mass is 274 g/mol. The fourth-order valence-corrected chi connectivity index (χ4v) is 3.27. The molecule has 1 aromatic carbocycles. The quantitative estimate of drug-likeness (QED) is 0.786. The average molecular weight is 274 g/mol. The fourth-order valence-electron chi connectivity index (χ4n) is 3.27. The first-order chi connectivity index (χ1) is 9.72. The van der Waals surface area contributed by atoms with E-state index in [0.29, 0.717) is 12.5 Å². The van der Waals surface area contributed by atoms with Crippen molar-refractivity contribution in [3.63, 3.8) is 0 Å². The van der Waals surface area contributed by atoms with Crippen molar-refractivity contribution in [2.24, 2.45) is 5.92 Å². The first-order valence-corrected chi connectivity index (χ1v) is 7.52. The lowest BCUT2D eigenvalue weighted by molar-refractivity contribution is -0.122. The second-order valence-electron chi connectivity index (χ2n) is 5.99. The number of amides is 1. The van der Waals surface area contributed by atoms with Crippen molar-refractivity contribution in [1.29, 1.82) is 0 Å². The molecule has 0 spiro atoms. The van der Waals surface area contributed by atoms with Crippen molar-refractivity contribution in [1.82, 2.24) is 5.32 Å². The van der Waals surface area contributed by atoms with Crippen molar-refractivity contribution >= 4 is 11.6 Å². The lowest BCUT2D eigenvalue weighted by Gasteiger charge is -2.26. The Morgan fingerprint density at radius 3 is 3.00 bits per heavy atom. The van der Waals surface area contributed by atoms with Crippen LogP contribution in [0.5, 0.6) is 0 Å². The topological polar surface area (TPSA) is 61.4 Å². The van der Waals surface area contributed by atoms with Crippen LogP contribution in [0.4, 0.5) is 5.69 Å². The van der Waals surface area contributed by atoms with E-state index in [4.69, 9.17) is 0 Å². The molecule has 3 atom stereocenters. The Balaban J connectivity index is 1.49. The van der Waals surface area contributed by atoms with Crippen LogP contribution in [0.2, 0.25) is 0 Å². The number of rotatable bonds is 3. The highest BCUT2D eigenvalue weighted by Gasteiger charge is 2.27. The maximum absolute atomic E-state index is 12.2. The molecule has 2 unspecified atom stereocenters. The maximum atomic E-state index is 12.2. The van der Waals surface area contributed by atoms with E-state index in [1.54, 1.807) is 0 Å². The van der Waals surface area contributed by atoms with Gasteiger partial charge >= 0.3 is 0 Å². The highest BCUT2D eigenvalue weighted by Crippen LogP contribution is 2.26. The van der Waals surface area contributed by atoms with Crippen molar-refractivity contribution in [3.05, 3.63) is 29.8 Å². The van der Waals surface area contributed by atoms with Gasteiger partial charge in [-0.25, -0.2) is 0 Å². The number of carbonyl (C=O) groups is 1. The number of carbonyl (C=O) groups excluding carboxylic acids is 1. The van der Waals surface area contributed by atoms with Gasteiger partial charge in [-0.05, 0) is 36.8 Å². The normalized spacial score (nSPS) is 28.6. The predicted octanol–water partition coefficient (Wildman–Crippen LogP) is 1.69. The highest BCUT2D eigenvalue weighted by molar-refractivity contribution is 5.87. The second-order valence-corrected chi connectivity index (χ2v) is 5.99.